The zero-order valence-electron chi connectivity index (χ0n) is 9.52. The normalized spacial score (nSPS) is 9.27. The molecule has 1 rings (SSSR count). The minimum atomic E-state index is -4.27. The van der Waals surface area contributed by atoms with Crippen LogP contribution in [0.1, 0.15) is 33.3 Å². The van der Waals surface area contributed by atoms with Crippen LogP contribution in [0, 0.1) is 0 Å². The molecule has 88 valence electrons. The third-order valence-electron chi connectivity index (χ3n) is 1.24. The van der Waals surface area contributed by atoms with Gasteiger partial charge in [-0.2, -0.15) is 13.2 Å². The lowest BCUT2D eigenvalue weighted by Crippen LogP contribution is -2.04. The molecule has 0 aliphatic heterocycles. The van der Waals surface area contributed by atoms with Crippen molar-refractivity contribution >= 4 is 5.69 Å². The lowest BCUT2D eigenvalue weighted by molar-refractivity contribution is -0.137. The fourth-order valence-electron chi connectivity index (χ4n) is 0.672. The highest BCUT2D eigenvalue weighted by Gasteiger charge is 2.29. The minimum absolute atomic E-state index is 0.331. The summed E-state index contributed by atoms with van der Waals surface area (Å²) in [6.45, 7) is 8.00. The predicted octanol–water partition coefficient (Wildman–Crippen LogP) is 4.34. The minimum Gasteiger partial charge on any atom is -0.399 e. The van der Waals surface area contributed by atoms with E-state index < -0.39 is 11.7 Å². The van der Waals surface area contributed by atoms with E-state index in [1.165, 1.54) is 12.1 Å². The third-order valence-corrected chi connectivity index (χ3v) is 1.24. The summed E-state index contributed by atoms with van der Waals surface area (Å²) in [5.74, 6) is 0. The molecular formula is C11H18F3N. The van der Waals surface area contributed by atoms with Crippen molar-refractivity contribution in [3.05, 3.63) is 29.8 Å². The fourth-order valence-corrected chi connectivity index (χ4v) is 0.672. The Hall–Kier alpha value is -1.19. The van der Waals surface area contributed by atoms with Crippen molar-refractivity contribution in [1.82, 2.24) is 0 Å². The molecule has 0 aliphatic carbocycles. The molecule has 0 saturated carbocycles. The van der Waals surface area contributed by atoms with Gasteiger partial charge in [0.15, 0.2) is 0 Å². The summed E-state index contributed by atoms with van der Waals surface area (Å²) in [4.78, 5) is 0. The molecule has 0 spiro atoms. The van der Waals surface area contributed by atoms with Crippen LogP contribution in [-0.4, -0.2) is 0 Å². The van der Waals surface area contributed by atoms with E-state index in [1.54, 1.807) is 0 Å². The summed E-state index contributed by atoms with van der Waals surface area (Å²) < 4.78 is 35.6. The average molecular weight is 221 g/mol. The summed E-state index contributed by atoms with van der Waals surface area (Å²) >= 11 is 0. The lowest BCUT2D eigenvalue weighted by Gasteiger charge is -2.05. The number of alkyl halides is 3. The summed E-state index contributed by atoms with van der Waals surface area (Å²) in [5, 5.41) is 0. The molecule has 0 fully saturated rings. The van der Waals surface area contributed by atoms with Gasteiger partial charge in [0.25, 0.3) is 0 Å². The molecule has 0 bridgehead atoms. The number of hydrogen-bond donors (Lipinski definition) is 1. The molecule has 0 amide bonds. The smallest absolute Gasteiger partial charge is 0.399 e. The molecule has 0 saturated heterocycles. The predicted molar refractivity (Wildman–Crippen MR) is 58.6 cm³/mol. The number of benzene rings is 1. The van der Waals surface area contributed by atoms with Crippen molar-refractivity contribution in [1.29, 1.82) is 0 Å². The van der Waals surface area contributed by atoms with Gasteiger partial charge in [-0.15, -0.1) is 0 Å². The maximum absolute atomic E-state index is 11.9. The Kier molecular flexibility index (Phi) is 8.82. The fraction of sp³-hybridized carbons (Fsp3) is 0.455. The van der Waals surface area contributed by atoms with E-state index in [9.17, 15) is 13.2 Å². The van der Waals surface area contributed by atoms with Gasteiger partial charge >= 0.3 is 6.18 Å². The van der Waals surface area contributed by atoms with Gasteiger partial charge < -0.3 is 5.73 Å². The molecule has 1 aromatic carbocycles. The van der Waals surface area contributed by atoms with E-state index in [1.807, 2.05) is 27.7 Å². The Bertz CT molecular complexity index is 239. The van der Waals surface area contributed by atoms with E-state index in [-0.39, 0.29) is 0 Å². The zero-order chi connectivity index (χ0) is 12.5. The van der Waals surface area contributed by atoms with E-state index in [0.29, 0.717) is 5.69 Å². The lowest BCUT2D eigenvalue weighted by atomic mass is 10.2. The van der Waals surface area contributed by atoms with Crippen LogP contribution in [0.4, 0.5) is 18.9 Å². The first-order chi connectivity index (χ1) is 7.00. The Labute approximate surface area is 89.1 Å². The van der Waals surface area contributed by atoms with Crippen molar-refractivity contribution < 1.29 is 13.2 Å². The van der Waals surface area contributed by atoms with E-state index in [2.05, 4.69) is 0 Å². The van der Waals surface area contributed by atoms with Crippen molar-refractivity contribution in [3.8, 4) is 0 Å². The van der Waals surface area contributed by atoms with Gasteiger partial charge in [-0.1, -0.05) is 27.7 Å². The molecule has 0 heterocycles. The molecule has 2 N–H and O–H groups in total. The molecule has 0 aliphatic rings. The number of halogens is 3. The SMILES string of the molecule is CC.CC.Nc1ccc(C(F)(F)F)cc1. The van der Waals surface area contributed by atoms with Crippen LogP contribution in [0.5, 0.6) is 0 Å². The van der Waals surface area contributed by atoms with Gasteiger partial charge in [0.2, 0.25) is 0 Å². The molecule has 15 heavy (non-hydrogen) atoms. The number of nitrogens with two attached hydrogens (primary N) is 1. The van der Waals surface area contributed by atoms with Gasteiger partial charge in [0.05, 0.1) is 5.56 Å². The van der Waals surface area contributed by atoms with E-state index >= 15 is 0 Å². The second-order valence-electron chi connectivity index (χ2n) is 2.12. The zero-order valence-corrected chi connectivity index (χ0v) is 9.52. The summed E-state index contributed by atoms with van der Waals surface area (Å²) in [5.41, 5.74) is 4.86. The van der Waals surface area contributed by atoms with Crippen LogP contribution >= 0.6 is 0 Å². The highest BCUT2D eigenvalue weighted by atomic mass is 19.4. The third kappa shape index (κ3) is 6.82. The second kappa shape index (κ2) is 8.15. The summed E-state index contributed by atoms with van der Waals surface area (Å²) in [6, 6.07) is 4.36. The van der Waals surface area contributed by atoms with E-state index in [0.717, 1.165) is 12.1 Å². The van der Waals surface area contributed by atoms with Crippen LogP contribution in [0.2, 0.25) is 0 Å². The van der Waals surface area contributed by atoms with Crippen LogP contribution in [0.25, 0.3) is 0 Å². The van der Waals surface area contributed by atoms with Gasteiger partial charge in [0, 0.05) is 5.69 Å². The monoisotopic (exact) mass is 221 g/mol. The van der Waals surface area contributed by atoms with E-state index in [4.69, 9.17) is 5.73 Å². The van der Waals surface area contributed by atoms with Crippen LogP contribution in [0.15, 0.2) is 24.3 Å². The van der Waals surface area contributed by atoms with Gasteiger partial charge in [-0.25, -0.2) is 0 Å². The van der Waals surface area contributed by atoms with Crippen LogP contribution in [0.3, 0.4) is 0 Å². The molecule has 0 aromatic heterocycles. The highest BCUT2D eigenvalue weighted by Crippen LogP contribution is 2.29. The number of nitrogen functional groups attached to an aromatic ring is 1. The van der Waals surface area contributed by atoms with Crippen molar-refractivity contribution in [2.45, 2.75) is 33.9 Å². The Morgan fingerprint density at radius 2 is 1.20 bits per heavy atom. The molecule has 0 unspecified atom stereocenters. The molecular weight excluding hydrogens is 203 g/mol. The van der Waals surface area contributed by atoms with Crippen molar-refractivity contribution in [2.24, 2.45) is 0 Å². The molecule has 4 heteroatoms. The largest absolute Gasteiger partial charge is 0.416 e. The summed E-state index contributed by atoms with van der Waals surface area (Å²) in [7, 11) is 0. The second-order valence-corrected chi connectivity index (χ2v) is 2.12. The number of hydrogen-bond acceptors (Lipinski definition) is 1. The summed E-state index contributed by atoms with van der Waals surface area (Å²) in [6.07, 6.45) is -4.27. The standard InChI is InChI=1S/C7H6F3N.2C2H6/c8-7(9,10)5-1-3-6(11)4-2-5;2*1-2/h1-4H,11H2;2*1-2H3. The van der Waals surface area contributed by atoms with Crippen LogP contribution < -0.4 is 5.73 Å². The quantitative estimate of drug-likeness (QED) is 0.648. The Morgan fingerprint density at radius 1 is 0.867 bits per heavy atom. The molecule has 1 nitrogen and oxygen atoms in total. The molecule has 0 atom stereocenters. The van der Waals surface area contributed by atoms with Gasteiger partial charge in [-0.3, -0.25) is 0 Å². The molecule has 0 radical (unpaired) electrons. The van der Waals surface area contributed by atoms with Gasteiger partial charge in [-0.05, 0) is 24.3 Å². The van der Waals surface area contributed by atoms with Gasteiger partial charge in [0.1, 0.15) is 0 Å². The first kappa shape index (κ1) is 16.2. The maximum Gasteiger partial charge on any atom is 0.416 e. The average Bonchev–Trinajstić information content (AvgIpc) is 2.23. The number of rotatable bonds is 0. The highest BCUT2D eigenvalue weighted by molar-refractivity contribution is 5.39. The van der Waals surface area contributed by atoms with Crippen LogP contribution in [-0.2, 0) is 6.18 Å². The maximum atomic E-state index is 11.9. The first-order valence-corrected chi connectivity index (χ1v) is 4.93. The first-order valence-electron chi connectivity index (χ1n) is 4.93. The Morgan fingerprint density at radius 3 is 1.47 bits per heavy atom. The van der Waals surface area contributed by atoms with Crippen molar-refractivity contribution in [2.75, 3.05) is 5.73 Å². The topological polar surface area (TPSA) is 26.0 Å². The Balaban J connectivity index is 0. The molecule has 1 aromatic rings. The number of anilines is 1. The van der Waals surface area contributed by atoms with Crippen molar-refractivity contribution in [3.63, 3.8) is 0 Å².